The van der Waals surface area contributed by atoms with Gasteiger partial charge in [-0.25, -0.2) is 8.42 Å². The van der Waals surface area contributed by atoms with Gasteiger partial charge in [-0.05, 0) is 80.6 Å². The van der Waals surface area contributed by atoms with Gasteiger partial charge >= 0.3 is 0 Å². The average Bonchev–Trinajstić information content (AvgIpc) is 2.96. The number of rotatable bonds is 10. The Kier molecular flexibility index (Phi) is 10.1. The van der Waals surface area contributed by atoms with Crippen LogP contribution in [0.25, 0.3) is 0 Å². The molecule has 4 rings (SSSR count). The summed E-state index contributed by atoms with van der Waals surface area (Å²) in [5.74, 6) is -0.706. The molecule has 1 fully saturated rings. The molecule has 1 saturated carbocycles. The summed E-state index contributed by atoms with van der Waals surface area (Å²) < 4.78 is 29.1. The smallest absolute Gasteiger partial charge is 0.264 e. The summed E-state index contributed by atoms with van der Waals surface area (Å²) in [5, 5.41) is 3.54. The first-order chi connectivity index (χ1) is 19.6. The van der Waals surface area contributed by atoms with Crippen molar-refractivity contribution in [3.63, 3.8) is 0 Å². The predicted octanol–water partition coefficient (Wildman–Crippen LogP) is 6.02. The van der Waals surface area contributed by atoms with Crippen molar-refractivity contribution in [2.45, 2.75) is 76.4 Å². The second kappa shape index (κ2) is 13.5. The lowest BCUT2D eigenvalue weighted by Crippen LogP contribution is -2.53. The normalized spacial score (nSPS) is 14.7. The molecule has 0 heterocycles. The topological polar surface area (TPSA) is 86.8 Å². The van der Waals surface area contributed by atoms with Gasteiger partial charge in [0, 0.05) is 17.6 Å². The number of amides is 2. The Balaban J connectivity index is 1.69. The third-order valence-corrected chi connectivity index (χ3v) is 9.81. The molecule has 9 heteroatoms. The molecule has 0 aliphatic heterocycles. The van der Waals surface area contributed by atoms with Crippen LogP contribution in [0.2, 0.25) is 5.02 Å². The van der Waals surface area contributed by atoms with Crippen LogP contribution >= 0.6 is 11.6 Å². The van der Waals surface area contributed by atoms with E-state index in [2.05, 4.69) is 5.32 Å². The first kappa shape index (κ1) is 30.6. The van der Waals surface area contributed by atoms with Crippen LogP contribution in [0, 0.1) is 13.8 Å². The van der Waals surface area contributed by atoms with Crippen LogP contribution in [0.1, 0.15) is 55.7 Å². The Morgan fingerprint density at radius 1 is 0.902 bits per heavy atom. The van der Waals surface area contributed by atoms with E-state index in [-0.39, 0.29) is 23.4 Å². The maximum atomic E-state index is 14.1. The van der Waals surface area contributed by atoms with Crippen molar-refractivity contribution in [1.29, 1.82) is 0 Å². The second-order valence-corrected chi connectivity index (χ2v) is 13.0. The second-order valence-electron chi connectivity index (χ2n) is 10.7. The molecule has 7 nitrogen and oxygen atoms in total. The third kappa shape index (κ3) is 7.49. The Morgan fingerprint density at radius 3 is 2.15 bits per heavy atom. The minimum Gasteiger partial charge on any atom is -0.352 e. The van der Waals surface area contributed by atoms with Gasteiger partial charge in [-0.3, -0.25) is 13.9 Å². The fourth-order valence-electron chi connectivity index (χ4n) is 5.21. The van der Waals surface area contributed by atoms with E-state index < -0.39 is 28.5 Å². The van der Waals surface area contributed by atoms with E-state index in [1.807, 2.05) is 37.3 Å². The van der Waals surface area contributed by atoms with Gasteiger partial charge in [0.05, 0.1) is 10.6 Å². The quantitative estimate of drug-likeness (QED) is 0.311. The van der Waals surface area contributed by atoms with Crippen molar-refractivity contribution in [2.75, 3.05) is 10.8 Å². The van der Waals surface area contributed by atoms with Crippen LogP contribution in [-0.4, -0.2) is 43.8 Å². The summed E-state index contributed by atoms with van der Waals surface area (Å²) in [6, 6.07) is 19.9. The van der Waals surface area contributed by atoms with E-state index in [0.29, 0.717) is 16.3 Å². The first-order valence-corrected chi connectivity index (χ1v) is 15.9. The van der Waals surface area contributed by atoms with Gasteiger partial charge in [0.2, 0.25) is 11.8 Å². The zero-order valence-electron chi connectivity index (χ0n) is 23.8. The molecule has 2 amide bonds. The minimum absolute atomic E-state index is 0.0199. The molecule has 3 aromatic carbocycles. The van der Waals surface area contributed by atoms with Crippen molar-refractivity contribution >= 4 is 39.1 Å². The summed E-state index contributed by atoms with van der Waals surface area (Å²) >= 11 is 6.03. The number of sulfonamides is 1. The zero-order chi connectivity index (χ0) is 29.6. The van der Waals surface area contributed by atoms with Crippen molar-refractivity contribution < 1.29 is 18.0 Å². The number of para-hydroxylation sites is 1. The average molecular weight is 596 g/mol. The van der Waals surface area contributed by atoms with Gasteiger partial charge in [-0.1, -0.05) is 73.3 Å². The highest BCUT2D eigenvalue weighted by molar-refractivity contribution is 7.92. The van der Waals surface area contributed by atoms with Gasteiger partial charge < -0.3 is 10.2 Å². The monoisotopic (exact) mass is 595 g/mol. The number of anilines is 1. The van der Waals surface area contributed by atoms with Crippen LogP contribution in [0.15, 0.2) is 77.7 Å². The van der Waals surface area contributed by atoms with Gasteiger partial charge in [0.25, 0.3) is 10.0 Å². The lowest BCUT2D eigenvalue weighted by atomic mass is 9.95. The molecule has 0 bridgehead atoms. The number of halogens is 1. The molecular formula is C32H38ClN3O4S. The van der Waals surface area contributed by atoms with E-state index in [4.69, 9.17) is 11.6 Å². The van der Waals surface area contributed by atoms with Crippen LogP contribution < -0.4 is 9.62 Å². The Morgan fingerprint density at radius 2 is 1.51 bits per heavy atom. The molecule has 1 aliphatic carbocycles. The molecule has 1 aliphatic rings. The fraction of sp³-hybridized carbons (Fsp3) is 0.375. The molecule has 218 valence electrons. The Labute approximate surface area is 248 Å². The van der Waals surface area contributed by atoms with Gasteiger partial charge in [-0.2, -0.15) is 0 Å². The number of nitrogens with one attached hydrogen (secondary N) is 1. The highest BCUT2D eigenvalue weighted by atomic mass is 35.5. The Hall–Kier alpha value is -3.36. The van der Waals surface area contributed by atoms with Crippen LogP contribution in [0.4, 0.5) is 5.69 Å². The Bertz CT molecular complexity index is 1470. The summed E-state index contributed by atoms with van der Waals surface area (Å²) in [6.45, 7) is 5.17. The lowest BCUT2D eigenvalue weighted by Gasteiger charge is -2.34. The molecule has 0 unspecified atom stereocenters. The maximum absolute atomic E-state index is 14.1. The van der Waals surface area contributed by atoms with Crippen molar-refractivity contribution in [2.24, 2.45) is 0 Å². The molecule has 3 aromatic rings. The largest absolute Gasteiger partial charge is 0.352 e. The number of benzene rings is 3. The van der Waals surface area contributed by atoms with Crippen molar-refractivity contribution in [1.82, 2.24) is 10.2 Å². The van der Waals surface area contributed by atoms with Crippen molar-refractivity contribution in [3.05, 3.63) is 94.5 Å². The molecule has 0 spiro atoms. The molecule has 0 radical (unpaired) electrons. The van der Waals surface area contributed by atoms with E-state index in [1.54, 1.807) is 32.0 Å². The van der Waals surface area contributed by atoms with Crippen LogP contribution in [-0.2, 0) is 26.2 Å². The zero-order valence-corrected chi connectivity index (χ0v) is 25.4. The lowest BCUT2D eigenvalue weighted by molar-refractivity contribution is -0.139. The van der Waals surface area contributed by atoms with Gasteiger partial charge in [0.15, 0.2) is 0 Å². The van der Waals surface area contributed by atoms with E-state index in [0.717, 1.165) is 47.5 Å². The maximum Gasteiger partial charge on any atom is 0.264 e. The van der Waals surface area contributed by atoms with E-state index in [1.165, 1.54) is 29.2 Å². The van der Waals surface area contributed by atoms with E-state index in [9.17, 15) is 18.0 Å². The van der Waals surface area contributed by atoms with Crippen molar-refractivity contribution in [3.8, 4) is 0 Å². The standard InChI is InChI=1S/C32H38ClN3O4S/c1-23-11-7-9-13-26(23)21-35(25(3)32(38)34-28-14-5-4-6-15-28)31(37)22-36(30-16-10-8-12-24(30)2)41(39,40)29-19-17-27(33)18-20-29/h7-13,16-20,25,28H,4-6,14-15,21-22H2,1-3H3,(H,34,38)/t25-/m1/s1. The number of carbonyl (C=O) groups is 2. The molecule has 1 atom stereocenters. The third-order valence-electron chi connectivity index (χ3n) is 7.79. The van der Waals surface area contributed by atoms with Crippen LogP contribution in [0.3, 0.4) is 0 Å². The first-order valence-electron chi connectivity index (χ1n) is 14.1. The molecule has 0 saturated heterocycles. The number of nitrogens with zero attached hydrogens (tertiary/aromatic N) is 2. The molecule has 1 N–H and O–H groups in total. The SMILES string of the molecule is Cc1ccccc1CN(C(=O)CN(c1ccccc1C)S(=O)(=O)c1ccc(Cl)cc1)[C@H](C)C(=O)NC1CCCCC1. The molecule has 0 aromatic heterocycles. The predicted molar refractivity (Wildman–Crippen MR) is 163 cm³/mol. The summed E-state index contributed by atoms with van der Waals surface area (Å²) in [6.07, 6.45) is 5.14. The molecular weight excluding hydrogens is 558 g/mol. The number of hydrogen-bond acceptors (Lipinski definition) is 4. The van der Waals surface area contributed by atoms with Crippen LogP contribution in [0.5, 0.6) is 0 Å². The summed E-state index contributed by atoms with van der Waals surface area (Å²) in [7, 11) is -4.14. The number of hydrogen-bond donors (Lipinski definition) is 1. The fourth-order valence-corrected chi connectivity index (χ4v) is 6.82. The minimum atomic E-state index is -4.14. The summed E-state index contributed by atoms with van der Waals surface area (Å²) in [5.41, 5.74) is 2.97. The van der Waals surface area contributed by atoms with Gasteiger partial charge in [0.1, 0.15) is 12.6 Å². The summed E-state index contributed by atoms with van der Waals surface area (Å²) in [4.78, 5) is 29.1. The van der Waals surface area contributed by atoms with Gasteiger partial charge in [-0.15, -0.1) is 0 Å². The van der Waals surface area contributed by atoms with E-state index >= 15 is 0 Å². The molecule has 41 heavy (non-hydrogen) atoms. The number of carbonyl (C=O) groups excluding carboxylic acids is 2. The highest BCUT2D eigenvalue weighted by Gasteiger charge is 2.33. The highest BCUT2D eigenvalue weighted by Crippen LogP contribution is 2.28. The number of aryl methyl sites for hydroxylation is 2.